The molecule has 3 heterocycles. The Morgan fingerprint density at radius 2 is 2.26 bits per heavy atom. The average molecular weight is 273 g/mol. The highest BCUT2D eigenvalue weighted by Gasteiger charge is 2.46. The number of pyridine rings is 1. The van der Waals surface area contributed by atoms with Crippen LogP contribution >= 0.6 is 11.8 Å². The molecule has 1 fully saturated rings. The van der Waals surface area contributed by atoms with Crippen LogP contribution in [0.1, 0.15) is 31.1 Å². The van der Waals surface area contributed by atoms with Gasteiger partial charge >= 0.3 is 0 Å². The lowest BCUT2D eigenvalue weighted by molar-refractivity contribution is -0.127. The number of aromatic nitrogens is 1. The normalized spacial score (nSPS) is 33.1. The van der Waals surface area contributed by atoms with Gasteiger partial charge in [0.15, 0.2) is 0 Å². The van der Waals surface area contributed by atoms with Crippen LogP contribution in [0.15, 0.2) is 34.9 Å². The molecule has 3 unspecified atom stereocenters. The van der Waals surface area contributed by atoms with Gasteiger partial charge in [-0.05, 0) is 41.9 Å². The van der Waals surface area contributed by atoms with Gasteiger partial charge in [0.1, 0.15) is 6.17 Å². The van der Waals surface area contributed by atoms with Crippen molar-refractivity contribution < 1.29 is 4.79 Å². The second-order valence-electron chi connectivity index (χ2n) is 5.18. The molecule has 1 aliphatic carbocycles. The third kappa shape index (κ3) is 1.80. The monoisotopic (exact) mass is 273 g/mol. The highest BCUT2D eigenvalue weighted by Crippen LogP contribution is 2.50. The predicted molar refractivity (Wildman–Crippen MR) is 74.0 cm³/mol. The average Bonchev–Trinajstić information content (AvgIpc) is 2.99. The summed E-state index contributed by atoms with van der Waals surface area (Å²) in [6.07, 6.45) is 5.04. The summed E-state index contributed by atoms with van der Waals surface area (Å²) in [6, 6.07) is 5.78. The molecular formula is C14H15N3OS. The summed E-state index contributed by atoms with van der Waals surface area (Å²) in [5.74, 6) is 0.182. The lowest BCUT2D eigenvalue weighted by Gasteiger charge is -2.34. The molecule has 98 valence electrons. The molecule has 1 amide bonds. The van der Waals surface area contributed by atoms with E-state index in [1.54, 1.807) is 6.20 Å². The SMILES string of the molecule is O=C1NC(c2ccccn2)NC2SC3=C(CCC3)C12. The number of carbonyl (C=O) groups excluding carboxylic acids is 1. The van der Waals surface area contributed by atoms with E-state index in [1.165, 1.54) is 16.9 Å². The molecule has 5 heteroatoms. The molecule has 0 aromatic carbocycles. The Balaban J connectivity index is 1.60. The van der Waals surface area contributed by atoms with Gasteiger partial charge in [0, 0.05) is 6.20 Å². The van der Waals surface area contributed by atoms with E-state index in [1.807, 2.05) is 30.0 Å². The van der Waals surface area contributed by atoms with Gasteiger partial charge in [-0.15, -0.1) is 11.8 Å². The van der Waals surface area contributed by atoms with Crippen LogP contribution in [0.5, 0.6) is 0 Å². The molecule has 0 saturated carbocycles. The number of rotatable bonds is 1. The van der Waals surface area contributed by atoms with E-state index in [2.05, 4.69) is 15.6 Å². The van der Waals surface area contributed by atoms with Crippen LogP contribution in [0.25, 0.3) is 0 Å². The van der Waals surface area contributed by atoms with Gasteiger partial charge in [-0.25, -0.2) is 0 Å². The largest absolute Gasteiger partial charge is 0.335 e. The smallest absolute Gasteiger partial charge is 0.231 e. The maximum absolute atomic E-state index is 12.4. The molecular weight excluding hydrogens is 258 g/mol. The van der Waals surface area contributed by atoms with Crippen molar-refractivity contribution in [3.05, 3.63) is 40.6 Å². The predicted octanol–water partition coefficient (Wildman–Crippen LogP) is 1.93. The number of nitrogens with zero attached hydrogens (tertiary/aromatic N) is 1. The van der Waals surface area contributed by atoms with E-state index >= 15 is 0 Å². The summed E-state index contributed by atoms with van der Waals surface area (Å²) in [7, 11) is 0. The van der Waals surface area contributed by atoms with Crippen molar-refractivity contribution in [1.29, 1.82) is 0 Å². The maximum atomic E-state index is 12.4. The van der Waals surface area contributed by atoms with Crippen LogP contribution in [-0.4, -0.2) is 16.3 Å². The topological polar surface area (TPSA) is 54.0 Å². The number of hydrogen-bond acceptors (Lipinski definition) is 4. The zero-order valence-corrected chi connectivity index (χ0v) is 11.2. The minimum absolute atomic E-state index is 0.0301. The fourth-order valence-electron chi connectivity index (χ4n) is 3.18. The van der Waals surface area contributed by atoms with Crippen LogP contribution in [0, 0.1) is 5.92 Å². The number of nitrogens with one attached hydrogen (secondary N) is 2. The molecule has 2 N–H and O–H groups in total. The van der Waals surface area contributed by atoms with Crippen LogP contribution in [-0.2, 0) is 4.79 Å². The van der Waals surface area contributed by atoms with Crippen molar-refractivity contribution in [3.63, 3.8) is 0 Å². The molecule has 0 radical (unpaired) electrons. The summed E-state index contributed by atoms with van der Waals surface area (Å²) in [5.41, 5.74) is 2.25. The fourth-order valence-corrected chi connectivity index (χ4v) is 4.75. The van der Waals surface area contributed by atoms with Crippen LogP contribution < -0.4 is 10.6 Å². The molecule has 1 aromatic heterocycles. The summed E-state index contributed by atoms with van der Waals surface area (Å²) in [5, 5.41) is 6.76. The molecule has 4 nitrogen and oxygen atoms in total. The van der Waals surface area contributed by atoms with Crippen molar-refractivity contribution in [2.75, 3.05) is 0 Å². The summed E-state index contributed by atoms with van der Waals surface area (Å²) >= 11 is 1.85. The quantitative estimate of drug-likeness (QED) is 0.821. The fraction of sp³-hybridized carbons (Fsp3) is 0.429. The summed E-state index contributed by atoms with van der Waals surface area (Å²) in [6.45, 7) is 0. The number of fused-ring (bicyclic) bond motifs is 2. The first-order chi connectivity index (χ1) is 9.33. The summed E-state index contributed by atoms with van der Waals surface area (Å²) in [4.78, 5) is 18.1. The highest BCUT2D eigenvalue weighted by atomic mass is 32.2. The van der Waals surface area contributed by atoms with Crippen molar-refractivity contribution in [2.45, 2.75) is 30.8 Å². The van der Waals surface area contributed by atoms with Gasteiger partial charge < -0.3 is 5.32 Å². The highest BCUT2D eigenvalue weighted by molar-refractivity contribution is 8.04. The van der Waals surface area contributed by atoms with Crippen LogP contribution in [0.3, 0.4) is 0 Å². The Hall–Kier alpha value is -1.33. The first-order valence-corrected chi connectivity index (χ1v) is 7.57. The second kappa shape index (κ2) is 4.35. The number of thioether (sulfide) groups is 1. The van der Waals surface area contributed by atoms with Crippen molar-refractivity contribution in [2.24, 2.45) is 5.92 Å². The van der Waals surface area contributed by atoms with Gasteiger partial charge in [-0.3, -0.25) is 15.1 Å². The maximum Gasteiger partial charge on any atom is 0.231 e. The number of carbonyl (C=O) groups is 1. The van der Waals surface area contributed by atoms with Crippen LogP contribution in [0.4, 0.5) is 0 Å². The van der Waals surface area contributed by atoms with Crippen molar-refractivity contribution >= 4 is 17.7 Å². The Labute approximate surface area is 116 Å². The van der Waals surface area contributed by atoms with Gasteiger partial charge in [-0.1, -0.05) is 6.07 Å². The lowest BCUT2D eigenvalue weighted by atomic mass is 9.95. The Morgan fingerprint density at radius 1 is 1.32 bits per heavy atom. The van der Waals surface area contributed by atoms with Gasteiger partial charge in [0.05, 0.1) is 17.0 Å². The van der Waals surface area contributed by atoms with E-state index in [9.17, 15) is 4.79 Å². The third-order valence-corrected chi connectivity index (χ3v) is 5.45. The Bertz CT molecular complexity index is 557. The molecule has 1 saturated heterocycles. The lowest BCUT2D eigenvalue weighted by Crippen LogP contribution is -2.54. The molecule has 1 aromatic rings. The number of amides is 1. The van der Waals surface area contributed by atoms with Gasteiger partial charge in [0.25, 0.3) is 0 Å². The Morgan fingerprint density at radius 3 is 3.11 bits per heavy atom. The van der Waals surface area contributed by atoms with Crippen molar-refractivity contribution in [3.8, 4) is 0 Å². The van der Waals surface area contributed by atoms with E-state index in [0.29, 0.717) is 0 Å². The van der Waals surface area contributed by atoms with Crippen molar-refractivity contribution in [1.82, 2.24) is 15.6 Å². The van der Waals surface area contributed by atoms with E-state index in [0.717, 1.165) is 18.5 Å². The molecule has 3 atom stereocenters. The zero-order valence-electron chi connectivity index (χ0n) is 10.4. The zero-order chi connectivity index (χ0) is 12.8. The minimum Gasteiger partial charge on any atom is -0.335 e. The summed E-state index contributed by atoms with van der Waals surface area (Å²) < 4.78 is 0. The second-order valence-corrected chi connectivity index (χ2v) is 6.42. The molecule has 3 aliphatic rings. The first-order valence-electron chi connectivity index (χ1n) is 6.69. The van der Waals surface area contributed by atoms with Gasteiger partial charge in [-0.2, -0.15) is 0 Å². The first kappa shape index (κ1) is 11.5. The molecule has 0 bridgehead atoms. The molecule has 4 rings (SSSR count). The van der Waals surface area contributed by atoms with E-state index in [4.69, 9.17) is 0 Å². The third-order valence-electron chi connectivity index (χ3n) is 4.04. The minimum atomic E-state index is -0.164. The number of hydrogen-bond donors (Lipinski definition) is 2. The standard InChI is InChI=1S/C14H15N3OS/c18-13-11-8-4-3-6-10(8)19-14(11)17-12(16-13)9-5-1-2-7-15-9/h1-2,5,7,11-12,14,17H,3-4,6H2,(H,16,18). The van der Waals surface area contributed by atoms with Crippen LogP contribution in [0.2, 0.25) is 0 Å². The molecule has 0 spiro atoms. The molecule has 19 heavy (non-hydrogen) atoms. The number of allylic oxidation sites excluding steroid dienone is 1. The molecule has 2 aliphatic heterocycles. The Kier molecular flexibility index (Phi) is 2.63. The van der Waals surface area contributed by atoms with Gasteiger partial charge in [0.2, 0.25) is 5.91 Å². The van der Waals surface area contributed by atoms with E-state index in [-0.39, 0.29) is 23.4 Å². The van der Waals surface area contributed by atoms with E-state index < -0.39 is 0 Å².